The van der Waals surface area contributed by atoms with Gasteiger partial charge < -0.3 is 15.2 Å². The molecule has 1 aromatic carbocycles. The highest BCUT2D eigenvalue weighted by Crippen LogP contribution is 2.43. The lowest BCUT2D eigenvalue weighted by Gasteiger charge is -2.28. The predicted molar refractivity (Wildman–Crippen MR) is 71.2 cm³/mol. The lowest BCUT2D eigenvalue weighted by molar-refractivity contribution is 0.228. The maximum atomic E-state index is 6.21. The summed E-state index contributed by atoms with van der Waals surface area (Å²) in [6.45, 7) is 5.85. The fourth-order valence-electron chi connectivity index (χ4n) is 2.82. The first kappa shape index (κ1) is 11.8. The minimum Gasteiger partial charge on any atom is -0.489 e. The van der Waals surface area contributed by atoms with Gasteiger partial charge >= 0.3 is 0 Å². The van der Waals surface area contributed by atoms with Crippen molar-refractivity contribution in [2.24, 2.45) is 11.7 Å². The Morgan fingerprint density at radius 3 is 2.28 bits per heavy atom. The molecule has 2 aliphatic rings. The summed E-state index contributed by atoms with van der Waals surface area (Å²) in [6, 6.07) is 4.39. The predicted octanol–water partition coefficient (Wildman–Crippen LogP) is 2.99. The van der Waals surface area contributed by atoms with Gasteiger partial charge in [0.05, 0.1) is 13.2 Å². The summed E-state index contributed by atoms with van der Waals surface area (Å²) >= 11 is 0. The summed E-state index contributed by atoms with van der Waals surface area (Å²) in [4.78, 5) is 0. The van der Waals surface area contributed by atoms with Crippen LogP contribution in [0, 0.1) is 5.92 Å². The van der Waals surface area contributed by atoms with E-state index in [0.29, 0.717) is 11.8 Å². The van der Waals surface area contributed by atoms with Gasteiger partial charge in [-0.25, -0.2) is 0 Å². The van der Waals surface area contributed by atoms with Gasteiger partial charge in [-0.3, -0.25) is 0 Å². The first-order valence-corrected chi connectivity index (χ1v) is 6.84. The summed E-state index contributed by atoms with van der Waals surface area (Å²) in [5.41, 5.74) is 8.79. The molecule has 3 heteroatoms. The third-order valence-corrected chi connectivity index (χ3v) is 4.04. The Labute approximate surface area is 108 Å². The third-order valence-electron chi connectivity index (χ3n) is 4.04. The number of fused-ring (bicyclic) bond motifs is 2. The van der Waals surface area contributed by atoms with Crippen molar-refractivity contribution in [1.82, 2.24) is 0 Å². The molecule has 0 aromatic heterocycles. The number of nitrogens with two attached hydrogens (primary N) is 1. The van der Waals surface area contributed by atoms with E-state index in [-0.39, 0.29) is 6.04 Å². The van der Waals surface area contributed by atoms with Crippen LogP contribution in [-0.2, 0) is 0 Å². The Hall–Kier alpha value is -1.22. The van der Waals surface area contributed by atoms with Crippen LogP contribution in [0.2, 0.25) is 0 Å². The third kappa shape index (κ3) is 1.97. The zero-order valence-corrected chi connectivity index (χ0v) is 11.1. The van der Waals surface area contributed by atoms with Crippen molar-refractivity contribution in [3.8, 4) is 11.5 Å². The van der Waals surface area contributed by atoms with Crippen LogP contribution in [0.3, 0.4) is 0 Å². The molecule has 0 bridgehead atoms. The summed E-state index contributed by atoms with van der Waals surface area (Å²) in [6.07, 6.45) is 2.22. The van der Waals surface area contributed by atoms with Gasteiger partial charge in [-0.2, -0.15) is 0 Å². The number of hydrogen-bond acceptors (Lipinski definition) is 3. The molecule has 3 rings (SSSR count). The Bertz CT molecular complexity index is 417. The van der Waals surface area contributed by atoms with Gasteiger partial charge in [-0.1, -0.05) is 13.8 Å². The van der Waals surface area contributed by atoms with E-state index in [9.17, 15) is 0 Å². The molecule has 98 valence electrons. The van der Waals surface area contributed by atoms with Gasteiger partial charge in [0.1, 0.15) is 0 Å². The number of rotatable bonds is 0. The lowest BCUT2D eigenvalue weighted by Crippen LogP contribution is -2.19. The molecule has 0 radical (unpaired) electrons. The largest absolute Gasteiger partial charge is 0.489 e. The van der Waals surface area contributed by atoms with Gasteiger partial charge in [-0.05, 0) is 42.0 Å². The zero-order valence-electron chi connectivity index (χ0n) is 11.1. The highest BCUT2D eigenvalue weighted by molar-refractivity contribution is 5.50. The first-order valence-electron chi connectivity index (χ1n) is 6.84. The minimum absolute atomic E-state index is 0.144. The van der Waals surface area contributed by atoms with E-state index < -0.39 is 0 Å². The second-order valence-corrected chi connectivity index (χ2v) is 5.74. The van der Waals surface area contributed by atoms with Crippen molar-refractivity contribution >= 4 is 0 Å². The van der Waals surface area contributed by atoms with Crippen molar-refractivity contribution in [3.05, 3.63) is 23.3 Å². The molecule has 0 amide bonds. The van der Waals surface area contributed by atoms with Crippen LogP contribution in [0.1, 0.15) is 49.8 Å². The van der Waals surface area contributed by atoms with Crippen LogP contribution in [0.15, 0.2) is 12.1 Å². The molecule has 1 aromatic rings. The van der Waals surface area contributed by atoms with Gasteiger partial charge in [0.15, 0.2) is 11.5 Å². The highest BCUT2D eigenvalue weighted by Gasteiger charge is 2.26. The van der Waals surface area contributed by atoms with Crippen LogP contribution in [0.4, 0.5) is 0 Å². The molecular formula is C15H21NO2. The second kappa shape index (κ2) is 4.47. The Kier molecular flexibility index (Phi) is 2.94. The number of benzene rings is 1. The topological polar surface area (TPSA) is 44.5 Å². The maximum absolute atomic E-state index is 6.21. The molecule has 2 unspecified atom stereocenters. The Balaban J connectivity index is 2.04. The summed E-state index contributed by atoms with van der Waals surface area (Å²) < 4.78 is 11.7. The SMILES string of the molecule is CC1COc2cc3c(cc2OC1)[C@@H](N)CCC3C. The summed E-state index contributed by atoms with van der Waals surface area (Å²) in [7, 11) is 0. The van der Waals surface area contributed by atoms with Crippen molar-refractivity contribution < 1.29 is 9.47 Å². The van der Waals surface area contributed by atoms with E-state index in [4.69, 9.17) is 15.2 Å². The van der Waals surface area contributed by atoms with Crippen LogP contribution in [0.5, 0.6) is 11.5 Å². The Morgan fingerprint density at radius 2 is 1.61 bits per heavy atom. The monoisotopic (exact) mass is 247 g/mol. The average molecular weight is 247 g/mol. The summed E-state index contributed by atoms with van der Waals surface area (Å²) in [5.74, 6) is 2.75. The standard InChI is InChI=1S/C15H21NO2/c1-9-7-17-14-5-11-10(2)3-4-13(16)12(11)6-15(14)18-8-9/h5-6,9-10,13H,3-4,7-8,16H2,1-2H3/t9?,10?,13-/m0/s1. The number of hydrogen-bond donors (Lipinski definition) is 1. The van der Waals surface area contributed by atoms with Gasteiger partial charge in [0.25, 0.3) is 0 Å². The molecule has 3 nitrogen and oxygen atoms in total. The number of ether oxygens (including phenoxy) is 2. The molecule has 0 saturated heterocycles. The molecule has 18 heavy (non-hydrogen) atoms. The lowest BCUT2D eigenvalue weighted by atomic mass is 9.81. The van der Waals surface area contributed by atoms with E-state index in [2.05, 4.69) is 26.0 Å². The van der Waals surface area contributed by atoms with Crippen LogP contribution < -0.4 is 15.2 Å². The van der Waals surface area contributed by atoms with Crippen molar-refractivity contribution in [1.29, 1.82) is 0 Å². The first-order chi connectivity index (χ1) is 8.65. The van der Waals surface area contributed by atoms with E-state index >= 15 is 0 Å². The molecular weight excluding hydrogens is 226 g/mol. The van der Waals surface area contributed by atoms with Crippen molar-refractivity contribution in [2.45, 2.75) is 38.6 Å². The van der Waals surface area contributed by atoms with E-state index in [0.717, 1.165) is 37.6 Å². The van der Waals surface area contributed by atoms with Gasteiger partial charge in [0, 0.05) is 12.0 Å². The molecule has 1 aliphatic heterocycles. The zero-order chi connectivity index (χ0) is 12.7. The molecule has 0 saturated carbocycles. The second-order valence-electron chi connectivity index (χ2n) is 5.74. The van der Waals surface area contributed by atoms with Gasteiger partial charge in [-0.15, -0.1) is 0 Å². The highest BCUT2D eigenvalue weighted by atomic mass is 16.5. The van der Waals surface area contributed by atoms with E-state index in [1.165, 1.54) is 11.1 Å². The molecule has 1 aliphatic carbocycles. The van der Waals surface area contributed by atoms with Crippen LogP contribution in [-0.4, -0.2) is 13.2 Å². The quantitative estimate of drug-likeness (QED) is 0.766. The van der Waals surface area contributed by atoms with E-state index in [1.807, 2.05) is 0 Å². The van der Waals surface area contributed by atoms with Crippen molar-refractivity contribution in [2.75, 3.05) is 13.2 Å². The fraction of sp³-hybridized carbons (Fsp3) is 0.600. The smallest absolute Gasteiger partial charge is 0.161 e. The van der Waals surface area contributed by atoms with Gasteiger partial charge in [0.2, 0.25) is 0 Å². The van der Waals surface area contributed by atoms with Crippen molar-refractivity contribution in [3.63, 3.8) is 0 Å². The molecule has 0 fully saturated rings. The Morgan fingerprint density at radius 1 is 1.00 bits per heavy atom. The molecule has 3 atom stereocenters. The van der Waals surface area contributed by atoms with Crippen LogP contribution in [0.25, 0.3) is 0 Å². The fourth-order valence-corrected chi connectivity index (χ4v) is 2.82. The average Bonchev–Trinajstić information content (AvgIpc) is 2.55. The maximum Gasteiger partial charge on any atom is 0.161 e. The normalized spacial score (nSPS) is 30.5. The minimum atomic E-state index is 0.144. The molecule has 0 spiro atoms. The molecule has 1 heterocycles. The molecule has 2 N–H and O–H groups in total. The summed E-state index contributed by atoms with van der Waals surface area (Å²) in [5, 5.41) is 0. The van der Waals surface area contributed by atoms with E-state index in [1.54, 1.807) is 0 Å². The van der Waals surface area contributed by atoms with Crippen LogP contribution >= 0.6 is 0 Å².